The van der Waals surface area contributed by atoms with Crippen LogP contribution in [0.1, 0.15) is 11.1 Å². The third-order valence-electron chi connectivity index (χ3n) is 4.36. The van der Waals surface area contributed by atoms with E-state index in [0.717, 1.165) is 33.2 Å². The molecule has 6 heteroatoms. The van der Waals surface area contributed by atoms with E-state index in [2.05, 4.69) is 28.2 Å². The highest BCUT2D eigenvalue weighted by Crippen LogP contribution is 2.26. The van der Waals surface area contributed by atoms with Gasteiger partial charge in [0.15, 0.2) is 0 Å². The zero-order valence-electron chi connectivity index (χ0n) is 16.3. The van der Waals surface area contributed by atoms with Crippen molar-refractivity contribution < 1.29 is 4.39 Å². The molecule has 3 nitrogen and oxygen atoms in total. The summed E-state index contributed by atoms with van der Waals surface area (Å²) in [6.07, 6.45) is 2.00. The quantitative estimate of drug-likeness (QED) is 0.273. The van der Waals surface area contributed by atoms with Gasteiger partial charge < -0.3 is 15.6 Å². The average Bonchev–Trinajstić information content (AvgIpc) is 3.09. The topological polar surface area (TPSA) is 39.9 Å². The molecule has 1 aromatic heterocycles. The molecular weight excluding hydrogens is 405 g/mol. The molecule has 0 atom stereocenters. The maximum Gasteiger partial charge on any atom is 0.146 e. The van der Waals surface area contributed by atoms with Crippen LogP contribution in [-0.2, 0) is 6.54 Å². The number of aryl methyl sites for hydroxylation is 1. The fraction of sp³-hybridized carbons (Fsp3) is 0.130. The van der Waals surface area contributed by atoms with Crippen LogP contribution in [0.25, 0.3) is 10.9 Å². The number of rotatable bonds is 4. The van der Waals surface area contributed by atoms with Gasteiger partial charge in [0, 0.05) is 39.3 Å². The van der Waals surface area contributed by atoms with Crippen LogP contribution in [0.2, 0.25) is 5.02 Å². The lowest BCUT2D eigenvalue weighted by Crippen LogP contribution is -2.03. The van der Waals surface area contributed by atoms with E-state index >= 15 is 0 Å². The Hall–Kier alpha value is -2.47. The van der Waals surface area contributed by atoms with Crippen LogP contribution >= 0.6 is 24.2 Å². The predicted octanol–water partition coefficient (Wildman–Crippen LogP) is 6.71. The van der Waals surface area contributed by atoms with Crippen LogP contribution in [0.5, 0.6) is 0 Å². The Morgan fingerprint density at radius 1 is 1.03 bits per heavy atom. The van der Waals surface area contributed by atoms with Gasteiger partial charge in [-0.3, -0.25) is 0 Å². The second-order valence-corrected chi connectivity index (χ2v) is 7.64. The third-order valence-corrected chi connectivity index (χ3v) is 4.91. The lowest BCUT2D eigenvalue weighted by atomic mass is 10.1. The number of thiol groups is 1. The van der Waals surface area contributed by atoms with E-state index < -0.39 is 0 Å². The number of hydrogen-bond donors (Lipinski definition) is 4. The van der Waals surface area contributed by atoms with Crippen molar-refractivity contribution in [2.45, 2.75) is 18.4 Å². The van der Waals surface area contributed by atoms with Crippen LogP contribution in [0.15, 0.2) is 71.8 Å². The number of aromatic amines is 1. The van der Waals surface area contributed by atoms with Crippen LogP contribution in [-0.4, -0.2) is 12.0 Å². The highest BCUT2D eigenvalue weighted by molar-refractivity contribution is 7.80. The molecule has 4 rings (SSSR count). The van der Waals surface area contributed by atoms with Gasteiger partial charge in [0.1, 0.15) is 5.82 Å². The first-order valence-corrected chi connectivity index (χ1v) is 10.0. The van der Waals surface area contributed by atoms with Gasteiger partial charge in [0.2, 0.25) is 0 Å². The summed E-state index contributed by atoms with van der Waals surface area (Å²) < 4.78 is 13.9. The molecule has 29 heavy (non-hydrogen) atoms. The molecule has 0 saturated carbocycles. The van der Waals surface area contributed by atoms with Crippen molar-refractivity contribution in [2.75, 3.05) is 12.4 Å². The van der Waals surface area contributed by atoms with Gasteiger partial charge in [-0.15, -0.1) is 12.6 Å². The zero-order chi connectivity index (χ0) is 20.8. The lowest BCUT2D eigenvalue weighted by Gasteiger charge is -2.08. The molecule has 0 aliphatic carbocycles. The normalized spacial score (nSPS) is 10.5. The Kier molecular flexibility index (Phi) is 7.20. The summed E-state index contributed by atoms with van der Waals surface area (Å²) in [5.41, 5.74) is 4.53. The van der Waals surface area contributed by atoms with E-state index in [1.165, 1.54) is 17.0 Å². The fourth-order valence-electron chi connectivity index (χ4n) is 2.92. The highest BCUT2D eigenvalue weighted by Gasteiger charge is 2.06. The minimum atomic E-state index is -0.238. The van der Waals surface area contributed by atoms with Gasteiger partial charge >= 0.3 is 0 Å². The molecule has 0 saturated heterocycles. The van der Waals surface area contributed by atoms with E-state index in [0.29, 0.717) is 5.69 Å². The first-order chi connectivity index (χ1) is 14.0. The molecule has 0 amide bonds. The Morgan fingerprint density at radius 2 is 1.79 bits per heavy atom. The number of fused-ring (bicyclic) bond motifs is 1. The largest absolute Gasteiger partial charge is 0.361 e. The van der Waals surface area contributed by atoms with Crippen molar-refractivity contribution in [3.8, 4) is 0 Å². The molecule has 3 N–H and O–H groups in total. The van der Waals surface area contributed by atoms with Crippen molar-refractivity contribution in [3.63, 3.8) is 0 Å². The standard InChI is InChI=1S/C17H18FN3.C6H5ClS/c1-11-3-6-16(15(18)7-11)21-13-4-5-14-12(9-19-2)10-20-17(14)8-13;7-5-1-3-6(8)4-2-5/h3-8,10,19-21H,9H2,1-2H3;1-4,8H. The number of nitrogens with one attached hydrogen (secondary N) is 3. The first kappa shape index (κ1) is 21.2. The number of aromatic nitrogens is 1. The van der Waals surface area contributed by atoms with Gasteiger partial charge in [-0.25, -0.2) is 4.39 Å². The number of halogens is 2. The third kappa shape index (κ3) is 5.76. The first-order valence-electron chi connectivity index (χ1n) is 9.18. The van der Waals surface area contributed by atoms with E-state index in [1.54, 1.807) is 6.07 Å². The second kappa shape index (κ2) is 9.83. The monoisotopic (exact) mass is 427 g/mol. The number of hydrogen-bond acceptors (Lipinski definition) is 3. The highest BCUT2D eigenvalue weighted by atomic mass is 35.5. The van der Waals surface area contributed by atoms with Crippen LogP contribution < -0.4 is 10.6 Å². The Balaban J connectivity index is 0.000000252. The van der Waals surface area contributed by atoms with Crippen molar-refractivity contribution in [1.29, 1.82) is 0 Å². The van der Waals surface area contributed by atoms with Crippen LogP contribution in [0.3, 0.4) is 0 Å². The molecule has 0 aliphatic heterocycles. The summed E-state index contributed by atoms with van der Waals surface area (Å²) in [7, 11) is 1.93. The van der Waals surface area contributed by atoms with Gasteiger partial charge in [0.05, 0.1) is 5.69 Å². The average molecular weight is 428 g/mol. The molecule has 4 aromatic rings. The summed E-state index contributed by atoms with van der Waals surface area (Å²) in [5.74, 6) is -0.238. The fourth-order valence-corrected chi connectivity index (χ4v) is 3.19. The summed E-state index contributed by atoms with van der Waals surface area (Å²) in [6, 6.07) is 18.5. The van der Waals surface area contributed by atoms with Gasteiger partial charge in [-0.1, -0.05) is 23.7 Å². The van der Waals surface area contributed by atoms with Gasteiger partial charge in [-0.2, -0.15) is 0 Å². The van der Waals surface area contributed by atoms with Crippen LogP contribution in [0.4, 0.5) is 15.8 Å². The maximum atomic E-state index is 13.9. The molecule has 3 aromatic carbocycles. The number of H-pyrrole nitrogens is 1. The van der Waals surface area contributed by atoms with Crippen molar-refractivity contribution >= 4 is 46.5 Å². The van der Waals surface area contributed by atoms with Gasteiger partial charge in [0.25, 0.3) is 0 Å². The molecule has 150 valence electrons. The number of anilines is 2. The zero-order valence-corrected chi connectivity index (χ0v) is 17.9. The van der Waals surface area contributed by atoms with Crippen molar-refractivity contribution in [1.82, 2.24) is 10.3 Å². The molecule has 0 spiro atoms. The Labute approximate surface area is 180 Å². The molecule has 0 unspecified atom stereocenters. The summed E-state index contributed by atoms with van der Waals surface area (Å²) in [6.45, 7) is 2.69. The SMILES string of the molecule is CNCc1c[nH]c2cc(Nc3ccc(C)cc3F)ccc12.Sc1ccc(Cl)cc1. The van der Waals surface area contributed by atoms with Gasteiger partial charge in [-0.05, 0) is 73.6 Å². The van der Waals surface area contributed by atoms with E-state index in [4.69, 9.17) is 11.6 Å². The molecule has 0 bridgehead atoms. The molecule has 0 aliphatic rings. The van der Waals surface area contributed by atoms with Crippen LogP contribution in [0, 0.1) is 12.7 Å². The molecule has 0 fully saturated rings. The van der Waals surface area contributed by atoms with E-state index in [-0.39, 0.29) is 5.82 Å². The van der Waals surface area contributed by atoms with Crippen molar-refractivity contribution in [3.05, 3.63) is 88.8 Å². The van der Waals surface area contributed by atoms with E-state index in [1.807, 2.05) is 68.7 Å². The molecule has 1 heterocycles. The summed E-state index contributed by atoms with van der Waals surface area (Å²) in [4.78, 5) is 4.19. The Bertz CT molecular complexity index is 1070. The number of benzene rings is 3. The minimum absolute atomic E-state index is 0.238. The predicted molar refractivity (Wildman–Crippen MR) is 124 cm³/mol. The molecular formula is C23H23ClFN3S. The summed E-state index contributed by atoms with van der Waals surface area (Å²) in [5, 5.41) is 8.20. The van der Waals surface area contributed by atoms with Crippen molar-refractivity contribution in [2.24, 2.45) is 0 Å². The lowest BCUT2D eigenvalue weighted by molar-refractivity contribution is 0.631. The smallest absolute Gasteiger partial charge is 0.146 e. The Morgan fingerprint density at radius 3 is 2.45 bits per heavy atom. The maximum absolute atomic E-state index is 13.9. The minimum Gasteiger partial charge on any atom is -0.361 e. The molecule has 0 radical (unpaired) electrons. The second-order valence-electron chi connectivity index (χ2n) is 6.69. The van der Waals surface area contributed by atoms with E-state index in [9.17, 15) is 4.39 Å². The summed E-state index contributed by atoms with van der Waals surface area (Å²) >= 11 is 9.65.